The third-order valence-electron chi connectivity index (χ3n) is 2.16. The van der Waals surface area contributed by atoms with Crippen LogP contribution in [0.25, 0.3) is 0 Å². The van der Waals surface area contributed by atoms with E-state index in [1.807, 2.05) is 0 Å². The Morgan fingerprint density at radius 3 is 1.75 bits per heavy atom. The summed E-state index contributed by atoms with van der Waals surface area (Å²) in [6.45, 7) is -5.55. The molecule has 24 heavy (non-hydrogen) atoms. The SMILES string of the molecule is FC(F)Oc1cc(CBr)ncn1.NCc1cc(OC(F)F)ncn1. The number of ether oxygens (including phenoxy) is 2. The molecule has 7 nitrogen and oxygen atoms in total. The first-order valence-corrected chi connectivity index (χ1v) is 7.34. The predicted octanol–water partition coefficient (Wildman–Crippen LogP) is 2.51. The molecule has 0 saturated carbocycles. The van der Waals surface area contributed by atoms with Gasteiger partial charge in [-0.2, -0.15) is 17.6 Å². The van der Waals surface area contributed by atoms with E-state index in [1.54, 1.807) is 0 Å². The van der Waals surface area contributed by atoms with Gasteiger partial charge in [-0.25, -0.2) is 19.9 Å². The number of aromatic nitrogens is 4. The van der Waals surface area contributed by atoms with Gasteiger partial charge in [0.2, 0.25) is 11.8 Å². The van der Waals surface area contributed by atoms with Crippen molar-refractivity contribution in [1.29, 1.82) is 0 Å². The average molecular weight is 414 g/mol. The Kier molecular flexibility index (Phi) is 8.86. The van der Waals surface area contributed by atoms with Crippen LogP contribution in [0.2, 0.25) is 0 Å². The molecular formula is C12H12BrF4N5O2. The average Bonchev–Trinajstić information content (AvgIpc) is 2.54. The van der Waals surface area contributed by atoms with Crippen molar-refractivity contribution in [2.45, 2.75) is 25.1 Å². The van der Waals surface area contributed by atoms with Crippen molar-refractivity contribution in [1.82, 2.24) is 19.9 Å². The van der Waals surface area contributed by atoms with Gasteiger partial charge in [-0.3, -0.25) is 0 Å². The summed E-state index contributed by atoms with van der Waals surface area (Å²) in [5.74, 6) is -0.282. The lowest BCUT2D eigenvalue weighted by molar-refractivity contribution is -0.0537. The van der Waals surface area contributed by atoms with Crippen LogP contribution < -0.4 is 15.2 Å². The van der Waals surface area contributed by atoms with E-state index >= 15 is 0 Å². The molecule has 2 heterocycles. The highest BCUT2D eigenvalue weighted by Crippen LogP contribution is 2.12. The number of nitrogens with two attached hydrogens (primary N) is 1. The zero-order chi connectivity index (χ0) is 17.9. The Morgan fingerprint density at radius 2 is 1.33 bits per heavy atom. The molecule has 0 unspecified atom stereocenters. The standard InChI is InChI=1S/C6H5BrF2N2O.C6H7F2N3O/c7-2-4-1-5(11-3-10-4)12-6(8)9;7-6(8)12-5-1-4(2-9)10-3-11-5/h1,3,6H,2H2;1,3,6H,2,9H2. The summed E-state index contributed by atoms with van der Waals surface area (Å²) in [5.41, 5.74) is 6.27. The fraction of sp³-hybridized carbons (Fsp3) is 0.333. The second-order valence-corrected chi connectivity index (χ2v) is 4.35. The number of halogens is 5. The fourth-order valence-corrected chi connectivity index (χ4v) is 1.56. The van der Waals surface area contributed by atoms with Gasteiger partial charge < -0.3 is 15.2 Å². The molecule has 0 aromatic carbocycles. The Hall–Kier alpha value is -2.08. The lowest BCUT2D eigenvalue weighted by atomic mass is 10.4. The molecule has 2 rings (SSSR count). The monoisotopic (exact) mass is 413 g/mol. The van der Waals surface area contributed by atoms with Crippen molar-refractivity contribution in [3.8, 4) is 11.8 Å². The maximum absolute atomic E-state index is 11.7. The molecule has 0 aliphatic heterocycles. The van der Waals surface area contributed by atoms with E-state index < -0.39 is 13.2 Å². The summed E-state index contributed by atoms with van der Waals surface area (Å²) in [4.78, 5) is 14.4. The summed E-state index contributed by atoms with van der Waals surface area (Å²) < 4.78 is 54.7. The molecule has 0 amide bonds. The zero-order valence-corrected chi connectivity index (χ0v) is 13.5. The first kappa shape index (κ1) is 20.0. The molecule has 0 spiro atoms. The molecule has 2 aromatic rings. The summed E-state index contributed by atoms with van der Waals surface area (Å²) >= 11 is 3.12. The van der Waals surface area contributed by atoms with Crippen LogP contribution >= 0.6 is 15.9 Å². The summed E-state index contributed by atoms with van der Waals surface area (Å²) in [6.07, 6.45) is 2.30. The third-order valence-corrected chi connectivity index (χ3v) is 2.74. The topological polar surface area (TPSA) is 96.0 Å². The normalized spacial score (nSPS) is 10.3. The first-order chi connectivity index (χ1) is 11.4. The van der Waals surface area contributed by atoms with E-state index in [1.165, 1.54) is 18.5 Å². The third kappa shape index (κ3) is 7.97. The van der Waals surface area contributed by atoms with Gasteiger partial charge in [0.15, 0.2) is 0 Å². The van der Waals surface area contributed by atoms with Gasteiger partial charge in [0.1, 0.15) is 12.7 Å². The molecule has 0 aliphatic rings. The Morgan fingerprint density at radius 1 is 0.875 bits per heavy atom. The number of hydrogen-bond donors (Lipinski definition) is 1. The van der Waals surface area contributed by atoms with Crippen molar-refractivity contribution in [3.05, 3.63) is 36.2 Å². The number of hydrogen-bond acceptors (Lipinski definition) is 7. The lowest BCUT2D eigenvalue weighted by Crippen LogP contribution is -2.06. The maximum Gasteiger partial charge on any atom is 0.388 e. The molecular weight excluding hydrogens is 402 g/mol. The predicted molar refractivity (Wildman–Crippen MR) is 77.9 cm³/mol. The van der Waals surface area contributed by atoms with Crippen molar-refractivity contribution < 1.29 is 27.0 Å². The second kappa shape index (κ2) is 10.6. The van der Waals surface area contributed by atoms with Gasteiger partial charge in [-0.1, -0.05) is 15.9 Å². The second-order valence-electron chi connectivity index (χ2n) is 3.79. The fourth-order valence-electron chi connectivity index (χ4n) is 1.25. The number of alkyl halides is 5. The van der Waals surface area contributed by atoms with Crippen molar-refractivity contribution in [2.75, 3.05) is 0 Å². The molecule has 12 heteroatoms. The highest BCUT2D eigenvalue weighted by Gasteiger charge is 2.06. The van der Waals surface area contributed by atoms with Crippen molar-refractivity contribution >= 4 is 15.9 Å². The van der Waals surface area contributed by atoms with Gasteiger partial charge in [0, 0.05) is 24.0 Å². The Balaban J connectivity index is 0.000000240. The van der Waals surface area contributed by atoms with E-state index in [-0.39, 0.29) is 18.3 Å². The van der Waals surface area contributed by atoms with E-state index in [0.717, 1.165) is 6.33 Å². The highest BCUT2D eigenvalue weighted by molar-refractivity contribution is 9.08. The Labute approximate surface area is 142 Å². The maximum atomic E-state index is 11.7. The zero-order valence-electron chi connectivity index (χ0n) is 12.0. The van der Waals surface area contributed by atoms with Gasteiger partial charge in [0.25, 0.3) is 0 Å². The molecule has 2 N–H and O–H groups in total. The lowest BCUT2D eigenvalue weighted by Gasteiger charge is -2.02. The minimum absolute atomic E-state index is 0.116. The van der Waals surface area contributed by atoms with E-state index in [4.69, 9.17) is 5.73 Å². The van der Waals surface area contributed by atoms with Gasteiger partial charge >= 0.3 is 13.2 Å². The molecule has 0 fully saturated rings. The largest absolute Gasteiger partial charge is 0.417 e. The smallest absolute Gasteiger partial charge is 0.388 e. The minimum atomic E-state index is -2.87. The number of rotatable bonds is 6. The summed E-state index contributed by atoms with van der Waals surface area (Å²) in [6, 6.07) is 2.62. The van der Waals surface area contributed by atoms with Crippen LogP contribution in [0, 0.1) is 0 Å². The quantitative estimate of drug-likeness (QED) is 0.573. The van der Waals surface area contributed by atoms with Crippen LogP contribution in [0.5, 0.6) is 11.8 Å². The molecule has 0 saturated heterocycles. The van der Waals surface area contributed by atoms with Crippen LogP contribution in [0.4, 0.5) is 17.6 Å². The molecule has 0 radical (unpaired) electrons. The van der Waals surface area contributed by atoms with Crippen LogP contribution in [-0.2, 0) is 11.9 Å². The van der Waals surface area contributed by atoms with E-state index in [0.29, 0.717) is 16.7 Å². The van der Waals surface area contributed by atoms with Crippen LogP contribution in [0.3, 0.4) is 0 Å². The summed E-state index contributed by atoms with van der Waals surface area (Å²) in [7, 11) is 0. The molecule has 0 aliphatic carbocycles. The minimum Gasteiger partial charge on any atom is -0.417 e. The van der Waals surface area contributed by atoms with Gasteiger partial charge in [-0.15, -0.1) is 0 Å². The molecule has 2 aromatic heterocycles. The molecule has 132 valence electrons. The summed E-state index contributed by atoms with van der Waals surface area (Å²) in [5, 5.41) is 0.481. The molecule has 0 bridgehead atoms. The van der Waals surface area contributed by atoms with E-state index in [9.17, 15) is 17.6 Å². The van der Waals surface area contributed by atoms with Crippen molar-refractivity contribution in [3.63, 3.8) is 0 Å². The number of nitrogens with zero attached hydrogens (tertiary/aromatic N) is 4. The van der Waals surface area contributed by atoms with Crippen LogP contribution in [-0.4, -0.2) is 33.2 Å². The van der Waals surface area contributed by atoms with Crippen molar-refractivity contribution in [2.24, 2.45) is 5.73 Å². The van der Waals surface area contributed by atoms with Crippen LogP contribution in [0.1, 0.15) is 11.4 Å². The molecule has 0 atom stereocenters. The Bertz CT molecular complexity index is 570. The van der Waals surface area contributed by atoms with Gasteiger partial charge in [0.05, 0.1) is 11.4 Å². The van der Waals surface area contributed by atoms with Gasteiger partial charge in [-0.05, 0) is 0 Å². The highest BCUT2D eigenvalue weighted by atomic mass is 79.9. The first-order valence-electron chi connectivity index (χ1n) is 6.22. The van der Waals surface area contributed by atoms with Crippen LogP contribution in [0.15, 0.2) is 24.8 Å². The van der Waals surface area contributed by atoms with E-state index in [2.05, 4.69) is 45.3 Å².